The highest BCUT2D eigenvalue weighted by Gasteiger charge is 2.48. The largest absolute Gasteiger partial charge is 0.497 e. The van der Waals surface area contributed by atoms with Gasteiger partial charge in [-0.1, -0.05) is 23.9 Å². The van der Waals surface area contributed by atoms with Crippen LogP contribution in [0.1, 0.15) is 12.0 Å². The molecule has 0 radical (unpaired) electrons. The van der Waals surface area contributed by atoms with Crippen LogP contribution in [0, 0.1) is 11.3 Å². The van der Waals surface area contributed by atoms with E-state index in [0.717, 1.165) is 11.3 Å². The predicted molar refractivity (Wildman–Crippen MR) is 95.0 cm³/mol. The number of benzene rings is 1. The Hall–Kier alpha value is -2.05. The molecule has 0 unspecified atom stereocenters. The number of rotatable bonds is 4. The van der Waals surface area contributed by atoms with Gasteiger partial charge in [0.05, 0.1) is 30.7 Å². The predicted octanol–water partition coefficient (Wildman–Crippen LogP) is 1.21. The van der Waals surface area contributed by atoms with E-state index in [0.29, 0.717) is 11.7 Å². The average Bonchev–Trinajstić information content (AvgIpc) is 3.01. The van der Waals surface area contributed by atoms with E-state index in [1.165, 1.54) is 11.8 Å². The third-order valence-electron chi connectivity index (χ3n) is 4.14. The molecule has 132 valence electrons. The molecule has 1 amide bonds. The fraction of sp³-hybridized carbons (Fsp3) is 0.438. The second-order valence-electron chi connectivity index (χ2n) is 5.90. The summed E-state index contributed by atoms with van der Waals surface area (Å²) in [5, 5.41) is 9.01. The highest BCUT2D eigenvalue weighted by atomic mass is 32.2. The molecule has 2 aliphatic heterocycles. The number of thioether (sulfide) groups is 1. The number of hydrogen-bond acceptors (Lipinski definition) is 6. The Bertz CT molecular complexity index is 843. The van der Waals surface area contributed by atoms with Crippen LogP contribution in [0.4, 0.5) is 0 Å². The standard InChI is InChI=1S/C16H17N3O4S2/c1-23-12-4-2-11(3-5-12)8-19-13-9-25(21,22)10-14(13)24-16(19)18-15(20)6-7-17/h2-5,13-14H,6,8-10H2,1H3/t13-,14-/m0/s1. The maximum absolute atomic E-state index is 12.0. The van der Waals surface area contributed by atoms with Gasteiger partial charge in [-0.25, -0.2) is 8.42 Å². The van der Waals surface area contributed by atoms with E-state index in [4.69, 9.17) is 10.00 Å². The lowest BCUT2D eigenvalue weighted by Gasteiger charge is -2.24. The monoisotopic (exact) mass is 379 g/mol. The molecule has 2 fully saturated rings. The summed E-state index contributed by atoms with van der Waals surface area (Å²) in [4.78, 5) is 17.6. The van der Waals surface area contributed by atoms with Gasteiger partial charge in [0.1, 0.15) is 12.2 Å². The molecule has 1 aromatic carbocycles. The van der Waals surface area contributed by atoms with Gasteiger partial charge in [-0.05, 0) is 17.7 Å². The van der Waals surface area contributed by atoms with E-state index in [2.05, 4.69) is 4.99 Å². The normalized spacial score (nSPS) is 25.6. The molecule has 0 N–H and O–H groups in total. The van der Waals surface area contributed by atoms with Crippen LogP contribution in [0.25, 0.3) is 0 Å². The van der Waals surface area contributed by atoms with Crippen molar-refractivity contribution in [2.45, 2.75) is 24.3 Å². The van der Waals surface area contributed by atoms with Gasteiger partial charge in [0.25, 0.3) is 5.91 Å². The van der Waals surface area contributed by atoms with E-state index in [1.54, 1.807) is 13.2 Å². The maximum atomic E-state index is 12.0. The molecule has 0 saturated carbocycles. The molecule has 0 aromatic heterocycles. The highest BCUT2D eigenvalue weighted by Crippen LogP contribution is 2.39. The first-order chi connectivity index (χ1) is 11.9. The summed E-state index contributed by atoms with van der Waals surface area (Å²) in [6.07, 6.45) is -0.284. The first-order valence-electron chi connectivity index (χ1n) is 7.67. The molecule has 2 heterocycles. The molecule has 0 aliphatic carbocycles. The number of carbonyl (C=O) groups is 1. The van der Waals surface area contributed by atoms with E-state index in [1.807, 2.05) is 29.2 Å². The second-order valence-corrected chi connectivity index (χ2v) is 9.26. The fourth-order valence-corrected chi connectivity index (χ4v) is 6.93. The number of nitriles is 1. The summed E-state index contributed by atoms with van der Waals surface area (Å²) >= 11 is 1.31. The lowest BCUT2D eigenvalue weighted by molar-refractivity contribution is -0.116. The number of ether oxygens (including phenoxy) is 1. The summed E-state index contributed by atoms with van der Waals surface area (Å²) < 4.78 is 29.0. The lowest BCUT2D eigenvalue weighted by atomic mass is 10.1. The van der Waals surface area contributed by atoms with Gasteiger partial charge >= 0.3 is 0 Å². The first-order valence-corrected chi connectivity index (χ1v) is 10.4. The van der Waals surface area contributed by atoms with Crippen molar-refractivity contribution >= 4 is 32.7 Å². The summed E-state index contributed by atoms with van der Waals surface area (Å²) in [7, 11) is -1.49. The molecule has 1 aromatic rings. The lowest BCUT2D eigenvalue weighted by Crippen LogP contribution is -2.37. The van der Waals surface area contributed by atoms with Crippen LogP contribution in [0.3, 0.4) is 0 Å². The smallest absolute Gasteiger partial charge is 0.262 e. The molecule has 0 spiro atoms. The summed E-state index contributed by atoms with van der Waals surface area (Å²) in [6, 6.07) is 9.05. The number of hydrogen-bond donors (Lipinski definition) is 0. The SMILES string of the molecule is COc1ccc(CN2C(=NC(=O)CC#N)S[C@H]3CS(=O)(=O)C[C@@H]32)cc1. The van der Waals surface area contributed by atoms with E-state index >= 15 is 0 Å². The number of amidine groups is 1. The minimum atomic E-state index is -3.08. The number of fused-ring (bicyclic) bond motifs is 1. The quantitative estimate of drug-likeness (QED) is 0.775. The third kappa shape index (κ3) is 3.96. The minimum Gasteiger partial charge on any atom is -0.497 e. The van der Waals surface area contributed by atoms with Crippen LogP contribution < -0.4 is 4.74 Å². The Balaban J connectivity index is 1.86. The molecule has 9 heteroatoms. The molecular weight excluding hydrogens is 362 g/mol. The number of nitrogens with zero attached hydrogens (tertiary/aromatic N) is 3. The minimum absolute atomic E-state index is 0.0618. The van der Waals surface area contributed by atoms with Crippen LogP contribution in [0.5, 0.6) is 5.75 Å². The summed E-state index contributed by atoms with van der Waals surface area (Å²) in [6.45, 7) is 0.451. The Morgan fingerprint density at radius 2 is 2.12 bits per heavy atom. The maximum Gasteiger partial charge on any atom is 0.262 e. The molecule has 7 nitrogen and oxygen atoms in total. The Morgan fingerprint density at radius 1 is 1.40 bits per heavy atom. The zero-order valence-electron chi connectivity index (χ0n) is 13.6. The second kappa shape index (κ2) is 7.06. The van der Waals surface area contributed by atoms with Gasteiger partial charge < -0.3 is 9.64 Å². The van der Waals surface area contributed by atoms with Crippen molar-refractivity contribution in [2.24, 2.45) is 4.99 Å². The van der Waals surface area contributed by atoms with Crippen LogP contribution in [0.15, 0.2) is 29.3 Å². The Labute approximate surface area is 150 Å². The Kier molecular flexibility index (Phi) is 5.01. The number of methoxy groups -OCH3 is 1. The number of amides is 1. The third-order valence-corrected chi connectivity index (χ3v) is 7.39. The van der Waals surface area contributed by atoms with Crippen molar-refractivity contribution in [1.29, 1.82) is 5.26 Å². The zero-order valence-corrected chi connectivity index (χ0v) is 15.2. The topological polar surface area (TPSA) is 99.8 Å². The van der Waals surface area contributed by atoms with E-state index in [-0.39, 0.29) is 29.2 Å². The van der Waals surface area contributed by atoms with Crippen LogP contribution in [-0.4, -0.2) is 54.3 Å². The van der Waals surface area contributed by atoms with Crippen molar-refractivity contribution < 1.29 is 17.9 Å². The van der Waals surface area contributed by atoms with Crippen molar-refractivity contribution in [3.8, 4) is 11.8 Å². The number of aliphatic imine (C=N–C) groups is 1. The van der Waals surface area contributed by atoms with E-state index < -0.39 is 15.7 Å². The molecule has 2 saturated heterocycles. The number of sulfone groups is 1. The van der Waals surface area contributed by atoms with Crippen LogP contribution in [0.2, 0.25) is 0 Å². The summed E-state index contributed by atoms with van der Waals surface area (Å²) in [5.41, 5.74) is 0.965. The zero-order chi connectivity index (χ0) is 18.0. The van der Waals surface area contributed by atoms with Gasteiger partial charge in [-0.3, -0.25) is 4.79 Å². The molecule has 0 bridgehead atoms. The van der Waals surface area contributed by atoms with Crippen molar-refractivity contribution in [3.05, 3.63) is 29.8 Å². The van der Waals surface area contributed by atoms with Gasteiger partial charge in [-0.2, -0.15) is 10.3 Å². The van der Waals surface area contributed by atoms with Crippen LogP contribution >= 0.6 is 11.8 Å². The molecule has 2 atom stereocenters. The fourth-order valence-electron chi connectivity index (χ4n) is 2.96. The van der Waals surface area contributed by atoms with Crippen molar-refractivity contribution in [2.75, 3.05) is 18.6 Å². The van der Waals surface area contributed by atoms with E-state index in [9.17, 15) is 13.2 Å². The summed E-state index contributed by atoms with van der Waals surface area (Å²) in [5.74, 6) is 0.380. The number of carbonyl (C=O) groups excluding carboxylic acids is 1. The van der Waals surface area contributed by atoms with Crippen molar-refractivity contribution in [3.63, 3.8) is 0 Å². The highest BCUT2D eigenvalue weighted by molar-refractivity contribution is 8.15. The van der Waals surface area contributed by atoms with Gasteiger partial charge in [0.2, 0.25) is 0 Å². The average molecular weight is 379 g/mol. The van der Waals surface area contributed by atoms with Gasteiger partial charge in [0.15, 0.2) is 15.0 Å². The molecule has 25 heavy (non-hydrogen) atoms. The van der Waals surface area contributed by atoms with Gasteiger partial charge in [0, 0.05) is 11.8 Å². The van der Waals surface area contributed by atoms with Crippen LogP contribution in [-0.2, 0) is 21.2 Å². The molecule has 2 aliphatic rings. The molecular formula is C16H17N3O4S2. The Morgan fingerprint density at radius 3 is 2.76 bits per heavy atom. The first kappa shape index (κ1) is 17.8. The van der Waals surface area contributed by atoms with Gasteiger partial charge in [-0.15, -0.1) is 0 Å². The van der Waals surface area contributed by atoms with Crippen molar-refractivity contribution in [1.82, 2.24) is 4.90 Å². The molecule has 3 rings (SSSR count).